The van der Waals surface area contributed by atoms with Gasteiger partial charge in [0.05, 0.1) is 5.69 Å². The lowest BCUT2D eigenvalue weighted by atomic mass is 10.1. The van der Waals surface area contributed by atoms with Gasteiger partial charge in [0.25, 0.3) is 0 Å². The van der Waals surface area contributed by atoms with Gasteiger partial charge in [-0.1, -0.05) is 43.2 Å². The first kappa shape index (κ1) is 17.5. The van der Waals surface area contributed by atoms with Gasteiger partial charge in [-0.05, 0) is 31.0 Å². The topological polar surface area (TPSA) is 49.8 Å². The number of carbonyl (C=O) groups is 1. The minimum atomic E-state index is -0.329. The van der Waals surface area contributed by atoms with E-state index in [1.165, 1.54) is 5.56 Å². The molecular weight excluding hydrogens is 314 g/mol. The van der Waals surface area contributed by atoms with Crippen molar-refractivity contribution in [2.75, 3.05) is 18.1 Å². The molecule has 3 rings (SSSR count). The van der Waals surface area contributed by atoms with Gasteiger partial charge in [-0.25, -0.2) is 0 Å². The van der Waals surface area contributed by atoms with Crippen molar-refractivity contribution >= 4 is 11.5 Å². The minimum absolute atomic E-state index is 0.0600. The Morgan fingerprint density at radius 1 is 0.960 bits per heavy atom. The number of rotatable bonds is 8. The summed E-state index contributed by atoms with van der Waals surface area (Å²) in [4.78, 5) is 13.5. The number of ketones is 1. The number of aliphatic hydroxyl groups is 1. The molecule has 0 saturated heterocycles. The summed E-state index contributed by atoms with van der Waals surface area (Å²) in [6.07, 6.45) is 4.53. The Morgan fingerprint density at radius 3 is 2.52 bits per heavy atom. The van der Waals surface area contributed by atoms with E-state index in [0.717, 1.165) is 56.0 Å². The molecule has 2 aromatic carbocycles. The molecule has 4 heteroatoms. The van der Waals surface area contributed by atoms with Crippen LogP contribution in [0.2, 0.25) is 0 Å². The molecule has 0 fully saturated rings. The molecule has 0 aromatic heterocycles. The van der Waals surface area contributed by atoms with Gasteiger partial charge in [0, 0.05) is 25.1 Å². The lowest BCUT2D eigenvalue weighted by Gasteiger charge is -2.24. The molecule has 0 atom stereocenters. The number of Topliss-reactive ketones (excluding diaryl/α,β-unsaturated/α-hetero) is 1. The third kappa shape index (κ3) is 4.60. The third-order valence-electron chi connectivity index (χ3n) is 4.57. The zero-order valence-electron chi connectivity index (χ0n) is 14.5. The smallest absolute Gasteiger partial charge is 0.158 e. The number of ether oxygens (including phenoxy) is 1. The highest BCUT2D eigenvalue weighted by Crippen LogP contribution is 2.38. The van der Waals surface area contributed by atoms with Crippen molar-refractivity contribution in [3.05, 3.63) is 54.1 Å². The first-order chi connectivity index (χ1) is 12.3. The van der Waals surface area contributed by atoms with Gasteiger partial charge < -0.3 is 14.7 Å². The molecule has 4 nitrogen and oxygen atoms in total. The summed E-state index contributed by atoms with van der Waals surface area (Å²) < 4.78 is 6.11. The van der Waals surface area contributed by atoms with Crippen LogP contribution < -0.4 is 9.64 Å². The van der Waals surface area contributed by atoms with Gasteiger partial charge in [0.2, 0.25) is 0 Å². The SMILES string of the molecule is O=C(CO)CCCCCCN1Cc2ccccc2Oc2ccccc21. The van der Waals surface area contributed by atoms with Gasteiger partial charge in [-0.15, -0.1) is 0 Å². The Morgan fingerprint density at radius 2 is 1.68 bits per heavy atom. The summed E-state index contributed by atoms with van der Waals surface area (Å²) in [5.74, 6) is 1.77. The lowest BCUT2D eigenvalue weighted by molar-refractivity contribution is -0.121. The van der Waals surface area contributed by atoms with E-state index in [0.29, 0.717) is 6.42 Å². The van der Waals surface area contributed by atoms with Gasteiger partial charge in [0.15, 0.2) is 11.5 Å². The molecule has 1 aliphatic rings. The molecule has 0 bridgehead atoms. The number of benzene rings is 2. The molecular formula is C21H25NO3. The number of hydrogen-bond donors (Lipinski definition) is 1. The molecule has 1 aliphatic heterocycles. The van der Waals surface area contributed by atoms with E-state index in [-0.39, 0.29) is 12.4 Å². The zero-order valence-corrected chi connectivity index (χ0v) is 14.5. The maximum atomic E-state index is 11.1. The van der Waals surface area contributed by atoms with Crippen molar-refractivity contribution in [2.45, 2.75) is 38.6 Å². The normalized spacial score (nSPS) is 12.8. The van der Waals surface area contributed by atoms with E-state index in [4.69, 9.17) is 9.84 Å². The summed E-state index contributed by atoms with van der Waals surface area (Å²) >= 11 is 0. The Bertz CT molecular complexity index is 714. The molecule has 2 aromatic rings. The molecule has 0 radical (unpaired) electrons. The molecule has 1 heterocycles. The Balaban J connectivity index is 1.59. The quantitative estimate of drug-likeness (QED) is 0.728. The largest absolute Gasteiger partial charge is 0.455 e. The second-order valence-electron chi connectivity index (χ2n) is 6.46. The highest BCUT2D eigenvalue weighted by molar-refractivity contribution is 5.79. The van der Waals surface area contributed by atoms with Crippen LogP contribution in [-0.2, 0) is 11.3 Å². The van der Waals surface area contributed by atoms with Crippen molar-refractivity contribution in [2.24, 2.45) is 0 Å². The summed E-state index contributed by atoms with van der Waals surface area (Å²) in [6.45, 7) is 1.48. The predicted octanol–water partition coefficient (Wildman–Crippen LogP) is 4.31. The first-order valence-electron chi connectivity index (χ1n) is 9.00. The van der Waals surface area contributed by atoms with Crippen LogP contribution in [0.1, 0.15) is 37.7 Å². The molecule has 0 spiro atoms. The third-order valence-corrected chi connectivity index (χ3v) is 4.57. The number of aliphatic hydroxyl groups excluding tert-OH is 1. The predicted molar refractivity (Wildman–Crippen MR) is 99.2 cm³/mol. The number of anilines is 1. The molecule has 25 heavy (non-hydrogen) atoms. The van der Waals surface area contributed by atoms with Crippen molar-refractivity contribution in [3.8, 4) is 11.5 Å². The van der Waals surface area contributed by atoms with Crippen LogP contribution in [0.4, 0.5) is 5.69 Å². The fraction of sp³-hybridized carbons (Fsp3) is 0.381. The Labute approximate surface area is 149 Å². The molecule has 0 aliphatic carbocycles. The maximum absolute atomic E-state index is 11.1. The van der Waals surface area contributed by atoms with Gasteiger partial charge >= 0.3 is 0 Å². The van der Waals surface area contributed by atoms with E-state index in [1.54, 1.807) is 0 Å². The number of nitrogens with zero attached hydrogens (tertiary/aromatic N) is 1. The molecule has 0 saturated carbocycles. The van der Waals surface area contributed by atoms with Crippen LogP contribution in [0.25, 0.3) is 0 Å². The van der Waals surface area contributed by atoms with E-state index in [1.807, 2.05) is 30.3 Å². The summed E-state index contributed by atoms with van der Waals surface area (Å²) in [5.41, 5.74) is 2.33. The van der Waals surface area contributed by atoms with Gasteiger partial charge in [0.1, 0.15) is 12.4 Å². The van der Waals surface area contributed by atoms with E-state index in [2.05, 4.69) is 23.1 Å². The zero-order chi connectivity index (χ0) is 17.5. The average molecular weight is 339 g/mol. The van der Waals surface area contributed by atoms with E-state index in [9.17, 15) is 4.79 Å². The number of hydrogen-bond acceptors (Lipinski definition) is 4. The van der Waals surface area contributed by atoms with E-state index < -0.39 is 0 Å². The van der Waals surface area contributed by atoms with Crippen LogP contribution in [0.5, 0.6) is 11.5 Å². The van der Waals surface area contributed by atoms with E-state index >= 15 is 0 Å². The molecule has 0 unspecified atom stereocenters. The highest BCUT2D eigenvalue weighted by atomic mass is 16.5. The average Bonchev–Trinajstić information content (AvgIpc) is 2.80. The molecule has 132 valence electrons. The van der Waals surface area contributed by atoms with Crippen LogP contribution in [-0.4, -0.2) is 24.0 Å². The van der Waals surface area contributed by atoms with Crippen LogP contribution in [0.15, 0.2) is 48.5 Å². The summed E-state index contributed by atoms with van der Waals surface area (Å²) in [7, 11) is 0. The highest BCUT2D eigenvalue weighted by Gasteiger charge is 2.19. The first-order valence-corrected chi connectivity index (χ1v) is 9.00. The van der Waals surface area contributed by atoms with Gasteiger partial charge in [-0.2, -0.15) is 0 Å². The maximum Gasteiger partial charge on any atom is 0.158 e. The second kappa shape index (κ2) is 8.67. The summed E-state index contributed by atoms with van der Waals surface area (Å²) in [6, 6.07) is 16.4. The molecule has 1 N–H and O–H groups in total. The van der Waals surface area contributed by atoms with Crippen LogP contribution >= 0.6 is 0 Å². The van der Waals surface area contributed by atoms with Crippen LogP contribution in [0, 0.1) is 0 Å². The standard InChI is InChI=1S/C21H25NO3/c23-16-18(24)10-3-1-2-8-14-22-15-17-9-4-6-12-20(17)25-21-13-7-5-11-19(21)22/h4-7,9,11-13,23H,1-3,8,10,14-16H2. The fourth-order valence-electron chi connectivity index (χ4n) is 3.20. The van der Waals surface area contributed by atoms with Crippen molar-refractivity contribution in [1.29, 1.82) is 0 Å². The van der Waals surface area contributed by atoms with Crippen molar-refractivity contribution in [1.82, 2.24) is 0 Å². The number of carbonyl (C=O) groups excluding carboxylic acids is 1. The number of fused-ring (bicyclic) bond motifs is 2. The monoisotopic (exact) mass is 339 g/mol. The van der Waals surface area contributed by atoms with Crippen LogP contribution in [0.3, 0.4) is 0 Å². The number of unbranched alkanes of at least 4 members (excludes halogenated alkanes) is 3. The van der Waals surface area contributed by atoms with Crippen molar-refractivity contribution in [3.63, 3.8) is 0 Å². The number of para-hydroxylation sites is 3. The Kier molecular flexibility index (Phi) is 6.07. The second-order valence-corrected chi connectivity index (χ2v) is 6.46. The fourth-order valence-corrected chi connectivity index (χ4v) is 3.20. The minimum Gasteiger partial charge on any atom is -0.455 e. The molecule has 0 amide bonds. The van der Waals surface area contributed by atoms with Crippen molar-refractivity contribution < 1.29 is 14.6 Å². The summed E-state index contributed by atoms with van der Waals surface area (Å²) in [5, 5.41) is 8.74. The Hall–Kier alpha value is -2.33. The lowest BCUT2D eigenvalue weighted by Crippen LogP contribution is -2.23. The van der Waals surface area contributed by atoms with Gasteiger partial charge in [-0.3, -0.25) is 4.79 Å².